The van der Waals surface area contributed by atoms with Crippen LogP contribution >= 0.6 is 0 Å². The first-order valence-corrected chi connectivity index (χ1v) is 19.3. The smallest absolute Gasteiger partial charge is 0.457 e. The van der Waals surface area contributed by atoms with E-state index in [1.54, 1.807) is 66.7 Å². The minimum Gasteiger partial charge on any atom is -0.457 e. The van der Waals surface area contributed by atoms with E-state index < -0.39 is 0 Å². The Morgan fingerprint density at radius 1 is 0.492 bits per heavy atom. The van der Waals surface area contributed by atoms with Crippen LogP contribution in [0.25, 0.3) is 44.3 Å². The molecule has 0 saturated heterocycles. The number of para-hydroxylation sites is 2. The SMILES string of the molecule is O=C(Nc1ccccc1-c1nn[nH]n1)c1ccc(Oc2ccc3ccccc3c2)cc1.O=C(Nc1ccccc1-c1nnn[n-]1)c1ccc(Oc2ccc3ccccc3c2)cc1.[Na+]. The van der Waals surface area contributed by atoms with Crippen LogP contribution in [0.1, 0.15) is 20.7 Å². The number of carbonyl (C=O) groups is 2. The third-order valence-corrected chi connectivity index (χ3v) is 9.64. The largest absolute Gasteiger partial charge is 1.00 e. The number of benzene rings is 8. The normalized spacial score (nSPS) is 10.5. The van der Waals surface area contributed by atoms with Crippen LogP contribution in [0.2, 0.25) is 0 Å². The van der Waals surface area contributed by atoms with Gasteiger partial charge in [-0.3, -0.25) is 19.9 Å². The second kappa shape index (κ2) is 19.6. The number of tetrazole rings is 2. The first-order valence-electron chi connectivity index (χ1n) is 19.3. The minimum absolute atomic E-state index is 0. The molecule has 3 N–H and O–H groups in total. The molecule has 14 nitrogen and oxygen atoms in total. The number of amides is 2. The Morgan fingerprint density at radius 3 is 1.44 bits per heavy atom. The summed E-state index contributed by atoms with van der Waals surface area (Å²) in [5, 5.41) is 39.0. The zero-order valence-corrected chi connectivity index (χ0v) is 35.6. The molecule has 15 heteroatoms. The number of hydrogen-bond donors (Lipinski definition) is 3. The quantitative estimate of drug-likeness (QED) is 0.124. The fourth-order valence-corrected chi connectivity index (χ4v) is 6.57. The molecule has 2 aromatic heterocycles. The minimum atomic E-state index is -0.253. The third kappa shape index (κ3) is 10.1. The summed E-state index contributed by atoms with van der Waals surface area (Å²) < 4.78 is 11.9. The van der Waals surface area contributed by atoms with E-state index in [4.69, 9.17) is 9.47 Å². The van der Waals surface area contributed by atoms with Gasteiger partial charge in [-0.25, -0.2) is 0 Å². The Hall–Kier alpha value is -8.04. The molecule has 10 rings (SSSR count). The predicted octanol–water partition coefficient (Wildman–Crippen LogP) is 6.76. The second-order valence-corrected chi connectivity index (χ2v) is 13.7. The molecule has 0 fully saturated rings. The Balaban J connectivity index is 0.000000170. The van der Waals surface area contributed by atoms with E-state index in [2.05, 4.69) is 64.0 Å². The van der Waals surface area contributed by atoms with Crippen LogP contribution in [0.3, 0.4) is 0 Å². The van der Waals surface area contributed by atoms with Crippen molar-refractivity contribution in [1.82, 2.24) is 41.2 Å². The predicted molar refractivity (Wildman–Crippen MR) is 235 cm³/mol. The average Bonchev–Trinajstić information content (AvgIpc) is 4.07. The molecule has 0 aliphatic rings. The number of nitrogens with one attached hydrogen (secondary N) is 3. The van der Waals surface area contributed by atoms with Crippen molar-refractivity contribution in [1.29, 1.82) is 0 Å². The van der Waals surface area contributed by atoms with Gasteiger partial charge < -0.3 is 25.2 Å². The maximum atomic E-state index is 12.7. The van der Waals surface area contributed by atoms with Crippen LogP contribution in [0.4, 0.5) is 11.4 Å². The monoisotopic (exact) mass is 836 g/mol. The number of carbonyl (C=O) groups excluding carboxylic acids is 2. The first kappa shape index (κ1) is 41.7. The van der Waals surface area contributed by atoms with Crippen molar-refractivity contribution in [2.45, 2.75) is 0 Å². The molecule has 63 heavy (non-hydrogen) atoms. The van der Waals surface area contributed by atoms with Gasteiger partial charge in [0.05, 0.1) is 5.69 Å². The number of ether oxygens (including phenoxy) is 2. The van der Waals surface area contributed by atoms with Crippen molar-refractivity contribution in [2.24, 2.45) is 0 Å². The number of hydrogen-bond acceptors (Lipinski definition) is 10. The van der Waals surface area contributed by atoms with Gasteiger partial charge in [0.2, 0.25) is 5.82 Å². The molecule has 10 aromatic rings. The molecule has 0 unspecified atom stereocenters. The number of anilines is 2. The van der Waals surface area contributed by atoms with E-state index in [1.807, 2.05) is 103 Å². The maximum Gasteiger partial charge on any atom is 1.00 e. The number of fused-ring (bicyclic) bond motifs is 2. The standard InChI is InChI=1S/2C24H17N5O2.Na/c2*30-24(25-22-8-4-3-7-21(22)23-26-28-29-27-23)17-10-12-19(13-11-17)31-20-14-9-16-5-1-2-6-18(16)15-20;/h1-15H,(H,25,30)(H,26,27,28,29);1-15H,(H2,25,26,27,28,29,30);/q;;+1/p-1. The number of rotatable bonds is 10. The fraction of sp³-hybridized carbons (Fsp3) is 0. The molecule has 2 heterocycles. The molecule has 0 radical (unpaired) electrons. The van der Waals surface area contributed by atoms with Crippen molar-refractivity contribution in [2.75, 3.05) is 10.6 Å². The molecule has 0 aliphatic heterocycles. The summed E-state index contributed by atoms with van der Waals surface area (Å²) in [6.45, 7) is 0. The first-order chi connectivity index (χ1) is 30.5. The maximum absolute atomic E-state index is 12.7. The van der Waals surface area contributed by atoms with Gasteiger partial charge in [-0.15, -0.1) is 10.2 Å². The summed E-state index contributed by atoms with van der Waals surface area (Å²) in [6, 6.07) is 56.6. The summed E-state index contributed by atoms with van der Waals surface area (Å²) in [5.41, 5.74) is 3.52. The van der Waals surface area contributed by atoms with Gasteiger partial charge in [0.25, 0.3) is 11.8 Å². The number of aromatic nitrogens is 8. The summed E-state index contributed by atoms with van der Waals surface area (Å²) in [4.78, 5) is 25.5. The van der Waals surface area contributed by atoms with Gasteiger partial charge in [-0.05, 0) is 118 Å². The van der Waals surface area contributed by atoms with Crippen molar-refractivity contribution in [3.63, 3.8) is 0 Å². The van der Waals surface area contributed by atoms with Crippen molar-refractivity contribution in [3.05, 3.63) is 193 Å². The van der Waals surface area contributed by atoms with Gasteiger partial charge in [0, 0.05) is 33.8 Å². The second-order valence-electron chi connectivity index (χ2n) is 13.7. The van der Waals surface area contributed by atoms with Gasteiger partial charge in [-0.2, -0.15) is 10.4 Å². The molecule has 2 amide bonds. The van der Waals surface area contributed by atoms with E-state index in [0.717, 1.165) is 33.0 Å². The van der Waals surface area contributed by atoms with Crippen molar-refractivity contribution in [3.8, 4) is 45.8 Å². The van der Waals surface area contributed by atoms with Crippen LogP contribution in [0.5, 0.6) is 23.0 Å². The van der Waals surface area contributed by atoms with Gasteiger partial charge >= 0.3 is 29.6 Å². The summed E-state index contributed by atoms with van der Waals surface area (Å²) in [6.07, 6.45) is 0. The van der Waals surface area contributed by atoms with E-state index in [0.29, 0.717) is 56.8 Å². The zero-order chi connectivity index (χ0) is 42.1. The molecule has 0 bridgehead atoms. The Morgan fingerprint density at radius 2 is 0.952 bits per heavy atom. The number of nitrogens with zero attached hydrogens (tertiary/aromatic N) is 7. The number of H-pyrrole nitrogens is 1. The van der Waals surface area contributed by atoms with Crippen molar-refractivity contribution >= 4 is 44.7 Å². The summed E-state index contributed by atoms with van der Waals surface area (Å²) in [5.74, 6) is 3.05. The van der Waals surface area contributed by atoms with E-state index in [-0.39, 0.29) is 41.4 Å². The molecule has 0 saturated carbocycles. The molecule has 0 aliphatic carbocycles. The Bertz CT molecular complexity index is 2920. The fourth-order valence-electron chi connectivity index (χ4n) is 6.57. The van der Waals surface area contributed by atoms with Crippen LogP contribution in [0.15, 0.2) is 182 Å². The molecule has 0 spiro atoms. The Kier molecular flexibility index (Phi) is 12.9. The Labute approximate surface area is 382 Å². The van der Waals surface area contributed by atoms with Crippen molar-refractivity contribution < 1.29 is 48.6 Å². The topological polar surface area (TPSA) is 184 Å². The molecule has 0 atom stereocenters. The molecular weight excluding hydrogens is 804 g/mol. The van der Waals surface area contributed by atoms with Gasteiger partial charge in [0.1, 0.15) is 23.0 Å². The van der Waals surface area contributed by atoms with E-state index in [9.17, 15) is 9.59 Å². The third-order valence-electron chi connectivity index (χ3n) is 9.64. The molecule has 8 aromatic carbocycles. The molecular formula is C48H33N10NaO4. The van der Waals surface area contributed by atoms with E-state index >= 15 is 0 Å². The summed E-state index contributed by atoms with van der Waals surface area (Å²) in [7, 11) is 0. The van der Waals surface area contributed by atoms with E-state index in [1.165, 1.54) is 0 Å². The van der Waals surface area contributed by atoms with Gasteiger partial charge in [0.15, 0.2) is 0 Å². The average molecular weight is 837 g/mol. The van der Waals surface area contributed by atoms with Gasteiger partial charge in [-0.1, -0.05) is 91.0 Å². The van der Waals surface area contributed by atoms with Crippen LogP contribution < -0.4 is 54.8 Å². The number of aromatic amines is 1. The van der Waals surface area contributed by atoms with Crippen LogP contribution in [-0.2, 0) is 0 Å². The van der Waals surface area contributed by atoms with Crippen LogP contribution in [-0.4, -0.2) is 48.0 Å². The zero-order valence-electron chi connectivity index (χ0n) is 33.6. The summed E-state index contributed by atoms with van der Waals surface area (Å²) >= 11 is 0. The van der Waals surface area contributed by atoms with Crippen LogP contribution in [0, 0.1) is 0 Å². The molecule has 300 valence electrons.